The summed E-state index contributed by atoms with van der Waals surface area (Å²) < 4.78 is 6.82. The molecule has 2 rings (SSSR count). The van der Waals surface area contributed by atoms with Crippen LogP contribution in [0.15, 0.2) is 23.1 Å². The van der Waals surface area contributed by atoms with Gasteiger partial charge in [0.1, 0.15) is 4.34 Å². The van der Waals surface area contributed by atoms with Crippen molar-refractivity contribution in [2.45, 2.75) is 13.5 Å². The molecule has 0 aliphatic carbocycles. The van der Waals surface area contributed by atoms with Crippen LogP contribution in [0, 0.1) is 0 Å². The zero-order chi connectivity index (χ0) is 15.6. The molecular weight excluding hydrogens is 335 g/mol. The van der Waals surface area contributed by atoms with Gasteiger partial charge in [0.05, 0.1) is 22.7 Å². The van der Waals surface area contributed by atoms with E-state index in [0.717, 1.165) is 11.3 Å². The van der Waals surface area contributed by atoms with E-state index >= 15 is 0 Å². The molecule has 0 atom stereocenters. The summed E-state index contributed by atoms with van der Waals surface area (Å²) in [6.45, 7) is 2.29. The van der Waals surface area contributed by atoms with Gasteiger partial charge < -0.3 is 14.6 Å². The Kier molecular flexibility index (Phi) is 4.92. The Bertz CT molecular complexity index is 692. The maximum absolute atomic E-state index is 12.1. The Labute approximate surface area is 135 Å². The van der Waals surface area contributed by atoms with Gasteiger partial charge >= 0.3 is 0 Å². The van der Waals surface area contributed by atoms with Crippen LogP contribution in [0.3, 0.4) is 0 Å². The first-order valence-electron chi connectivity index (χ1n) is 6.01. The molecule has 0 radical (unpaired) electrons. The molecule has 0 spiro atoms. The highest BCUT2D eigenvalue weighted by molar-refractivity contribution is 7.18. The van der Waals surface area contributed by atoms with Gasteiger partial charge in [0.25, 0.3) is 11.5 Å². The molecule has 1 amide bonds. The van der Waals surface area contributed by atoms with Crippen molar-refractivity contribution in [3.05, 3.63) is 42.9 Å². The Morgan fingerprint density at radius 3 is 2.67 bits per heavy atom. The van der Waals surface area contributed by atoms with Crippen LogP contribution in [-0.4, -0.2) is 17.6 Å². The lowest BCUT2D eigenvalue weighted by Gasteiger charge is -2.10. The number of aryl methyl sites for hydroxylation is 1. The number of hydrogen-bond acceptors (Lipinski definition) is 4. The summed E-state index contributed by atoms with van der Waals surface area (Å²) >= 11 is 12.7. The number of carbonyl (C=O) groups is 1. The van der Waals surface area contributed by atoms with Gasteiger partial charge in [0.15, 0.2) is 5.75 Å². The van der Waals surface area contributed by atoms with Crippen molar-refractivity contribution < 1.29 is 9.53 Å². The van der Waals surface area contributed by atoms with Gasteiger partial charge in [-0.1, -0.05) is 23.2 Å². The fourth-order valence-electron chi connectivity index (χ4n) is 1.71. The van der Waals surface area contributed by atoms with Crippen molar-refractivity contribution in [1.29, 1.82) is 0 Å². The number of pyridine rings is 1. The number of carbonyl (C=O) groups excluding carboxylic acids is 1. The Morgan fingerprint density at radius 1 is 1.43 bits per heavy atom. The van der Waals surface area contributed by atoms with E-state index in [4.69, 9.17) is 27.9 Å². The van der Waals surface area contributed by atoms with Crippen molar-refractivity contribution in [3.8, 4) is 5.75 Å². The summed E-state index contributed by atoms with van der Waals surface area (Å²) in [7, 11) is 1.40. The third-order valence-corrected chi connectivity index (χ3v) is 4.60. The molecule has 21 heavy (non-hydrogen) atoms. The fourth-order valence-corrected chi connectivity index (χ4v) is 2.97. The summed E-state index contributed by atoms with van der Waals surface area (Å²) in [5, 5.41) is 3.03. The number of nitrogens with one attached hydrogen (secondary N) is 1. The van der Waals surface area contributed by atoms with Crippen molar-refractivity contribution >= 4 is 46.1 Å². The number of thiophene rings is 1. The van der Waals surface area contributed by atoms with E-state index in [9.17, 15) is 9.59 Å². The van der Waals surface area contributed by atoms with E-state index in [0.29, 0.717) is 26.5 Å². The van der Waals surface area contributed by atoms with E-state index in [2.05, 4.69) is 5.32 Å². The molecule has 0 saturated carbocycles. The standard InChI is InChI=1S/C13H12Cl2N2O3S/c1-3-17-6-7(4-9(20-2)13(17)19)16-12(18)10-5-8(14)11(15)21-10/h4-6H,3H2,1-2H3,(H,16,18). The lowest BCUT2D eigenvalue weighted by Crippen LogP contribution is -2.22. The van der Waals surface area contributed by atoms with Crippen LogP contribution in [0.2, 0.25) is 9.36 Å². The normalized spacial score (nSPS) is 10.5. The SMILES string of the molecule is CCn1cc(NC(=O)c2cc(Cl)c(Cl)s2)cc(OC)c1=O. The number of halogens is 2. The summed E-state index contributed by atoms with van der Waals surface area (Å²) in [6, 6.07) is 2.97. The second-order valence-electron chi connectivity index (χ2n) is 4.07. The van der Waals surface area contributed by atoms with Crippen LogP contribution in [0.5, 0.6) is 5.75 Å². The predicted molar refractivity (Wildman–Crippen MR) is 85.2 cm³/mol. The van der Waals surface area contributed by atoms with E-state index in [1.807, 2.05) is 6.92 Å². The minimum atomic E-state index is -0.350. The van der Waals surface area contributed by atoms with Gasteiger partial charge in [0, 0.05) is 18.8 Å². The van der Waals surface area contributed by atoms with Crippen molar-refractivity contribution in [2.24, 2.45) is 0 Å². The maximum atomic E-state index is 12.1. The van der Waals surface area contributed by atoms with Crippen LogP contribution in [0.25, 0.3) is 0 Å². The number of methoxy groups -OCH3 is 1. The minimum Gasteiger partial charge on any atom is -0.491 e. The molecule has 0 fully saturated rings. The molecule has 2 heterocycles. The number of nitrogens with zero attached hydrogens (tertiary/aromatic N) is 1. The Balaban J connectivity index is 2.31. The van der Waals surface area contributed by atoms with Gasteiger partial charge in [-0.2, -0.15) is 0 Å². The number of aromatic nitrogens is 1. The van der Waals surface area contributed by atoms with Crippen LogP contribution in [0.1, 0.15) is 16.6 Å². The molecule has 0 unspecified atom stereocenters. The largest absolute Gasteiger partial charge is 0.491 e. The summed E-state index contributed by atoms with van der Waals surface area (Å²) in [4.78, 5) is 24.4. The lowest BCUT2D eigenvalue weighted by molar-refractivity contribution is 0.103. The molecule has 0 saturated heterocycles. The minimum absolute atomic E-state index is 0.164. The number of amides is 1. The highest BCUT2D eigenvalue weighted by Crippen LogP contribution is 2.32. The van der Waals surface area contributed by atoms with E-state index in [-0.39, 0.29) is 17.2 Å². The van der Waals surface area contributed by atoms with Crippen LogP contribution in [-0.2, 0) is 6.54 Å². The van der Waals surface area contributed by atoms with Gasteiger partial charge in [-0.15, -0.1) is 11.3 Å². The molecule has 1 N–H and O–H groups in total. The average molecular weight is 347 g/mol. The molecule has 2 aromatic rings. The molecule has 0 bridgehead atoms. The van der Waals surface area contributed by atoms with Crippen LogP contribution < -0.4 is 15.6 Å². The first kappa shape index (κ1) is 15.9. The molecule has 0 aromatic carbocycles. The van der Waals surface area contributed by atoms with E-state index in [1.165, 1.54) is 23.8 Å². The monoisotopic (exact) mass is 346 g/mol. The number of hydrogen-bond donors (Lipinski definition) is 1. The van der Waals surface area contributed by atoms with Gasteiger partial charge in [-0.05, 0) is 13.0 Å². The highest BCUT2D eigenvalue weighted by atomic mass is 35.5. The molecule has 5 nitrogen and oxygen atoms in total. The number of rotatable bonds is 4. The smallest absolute Gasteiger partial charge is 0.292 e. The van der Waals surface area contributed by atoms with Crippen molar-refractivity contribution in [3.63, 3.8) is 0 Å². The number of anilines is 1. The zero-order valence-corrected chi connectivity index (χ0v) is 13.6. The molecule has 2 aromatic heterocycles. The number of ether oxygens (including phenoxy) is 1. The predicted octanol–water partition coefficient (Wildman–Crippen LogP) is 3.50. The van der Waals surface area contributed by atoms with Crippen molar-refractivity contribution in [2.75, 3.05) is 12.4 Å². The molecular formula is C13H12Cl2N2O3S. The topological polar surface area (TPSA) is 60.3 Å². The van der Waals surface area contributed by atoms with Crippen molar-refractivity contribution in [1.82, 2.24) is 4.57 Å². The summed E-state index contributed by atoms with van der Waals surface area (Å²) in [5.41, 5.74) is 0.208. The highest BCUT2D eigenvalue weighted by Gasteiger charge is 2.14. The second kappa shape index (κ2) is 6.51. The molecule has 8 heteroatoms. The summed E-state index contributed by atoms with van der Waals surface area (Å²) in [6.07, 6.45) is 1.56. The third kappa shape index (κ3) is 3.40. The molecule has 0 aliphatic heterocycles. The third-order valence-electron chi connectivity index (χ3n) is 2.74. The first-order chi connectivity index (χ1) is 9.96. The summed E-state index contributed by atoms with van der Waals surface area (Å²) in [5.74, 6) is -0.186. The van der Waals surface area contributed by atoms with Crippen LogP contribution in [0.4, 0.5) is 5.69 Å². The Hall–Kier alpha value is -1.50. The van der Waals surface area contributed by atoms with Gasteiger partial charge in [-0.25, -0.2) is 0 Å². The van der Waals surface area contributed by atoms with E-state index < -0.39 is 0 Å². The van der Waals surface area contributed by atoms with Crippen LogP contribution >= 0.6 is 34.5 Å². The first-order valence-corrected chi connectivity index (χ1v) is 7.58. The average Bonchev–Trinajstić information content (AvgIpc) is 2.80. The lowest BCUT2D eigenvalue weighted by atomic mass is 10.3. The molecule has 112 valence electrons. The molecule has 0 aliphatic rings. The quantitative estimate of drug-likeness (QED) is 0.921. The van der Waals surface area contributed by atoms with Gasteiger partial charge in [-0.3, -0.25) is 9.59 Å². The fraction of sp³-hybridized carbons (Fsp3) is 0.231. The van der Waals surface area contributed by atoms with Gasteiger partial charge in [0.2, 0.25) is 0 Å². The second-order valence-corrected chi connectivity index (χ2v) is 6.14. The van der Waals surface area contributed by atoms with E-state index in [1.54, 1.807) is 6.20 Å². The zero-order valence-electron chi connectivity index (χ0n) is 11.3. The Morgan fingerprint density at radius 2 is 2.14 bits per heavy atom. The maximum Gasteiger partial charge on any atom is 0.292 e.